The minimum Gasteiger partial charge on any atom is -0.0622 e. The lowest BCUT2D eigenvalue weighted by atomic mass is 9.82. The lowest BCUT2D eigenvalue weighted by molar-refractivity contribution is 1.48. The highest BCUT2D eigenvalue weighted by molar-refractivity contribution is 6.29. The highest BCUT2D eigenvalue weighted by Crippen LogP contribution is 2.59. The smallest absolute Gasteiger partial charge is 0.000741 e. The largest absolute Gasteiger partial charge is 0.0622 e. The van der Waals surface area contributed by atoms with Crippen molar-refractivity contribution < 1.29 is 0 Å². The van der Waals surface area contributed by atoms with Gasteiger partial charge >= 0.3 is 0 Å². The molecule has 0 saturated heterocycles. The summed E-state index contributed by atoms with van der Waals surface area (Å²) in [4.78, 5) is 0. The molecule has 0 aromatic heterocycles. The van der Waals surface area contributed by atoms with Crippen LogP contribution < -0.4 is 0 Å². The van der Waals surface area contributed by atoms with Crippen LogP contribution >= 0.6 is 0 Å². The van der Waals surface area contributed by atoms with Gasteiger partial charge in [-0.2, -0.15) is 0 Å². The van der Waals surface area contributed by atoms with E-state index in [-0.39, 0.29) is 0 Å². The van der Waals surface area contributed by atoms with E-state index in [0.717, 1.165) is 0 Å². The average molecular weight is 619 g/mol. The summed E-state index contributed by atoms with van der Waals surface area (Å²) < 4.78 is 0. The lowest BCUT2D eigenvalue weighted by Crippen LogP contribution is -1.93. The van der Waals surface area contributed by atoms with Gasteiger partial charge in [-0.05, 0) is 129 Å². The molecule has 0 amide bonds. The van der Waals surface area contributed by atoms with Crippen molar-refractivity contribution in [3.8, 4) is 77.9 Å². The van der Waals surface area contributed by atoms with Crippen molar-refractivity contribution >= 4 is 32.3 Å². The van der Waals surface area contributed by atoms with Gasteiger partial charge in [0, 0.05) is 0 Å². The summed E-state index contributed by atoms with van der Waals surface area (Å²) in [5.74, 6) is 0. The second-order valence-corrected chi connectivity index (χ2v) is 13.6. The molecule has 0 saturated carbocycles. The molecular formula is C49H30. The Morgan fingerprint density at radius 3 is 1.45 bits per heavy atom. The number of aryl methyl sites for hydroxylation is 1. The number of hydrogen-bond donors (Lipinski definition) is 0. The zero-order valence-electron chi connectivity index (χ0n) is 27.1. The third-order valence-electron chi connectivity index (χ3n) is 11.0. The first-order chi connectivity index (χ1) is 24.3. The van der Waals surface area contributed by atoms with Crippen LogP contribution in [-0.4, -0.2) is 0 Å². The predicted octanol–water partition coefficient (Wildman–Crippen LogP) is 13.8. The number of fused-ring (bicyclic) bond motifs is 7. The van der Waals surface area contributed by atoms with Crippen molar-refractivity contribution in [2.45, 2.75) is 6.92 Å². The molecule has 0 heteroatoms. The van der Waals surface area contributed by atoms with E-state index in [1.165, 1.54) is 116 Å². The van der Waals surface area contributed by atoms with Gasteiger partial charge < -0.3 is 0 Å². The zero-order chi connectivity index (χ0) is 32.2. The van der Waals surface area contributed by atoms with Crippen LogP contribution in [0.5, 0.6) is 0 Å². The normalized spacial score (nSPS) is 12.2. The van der Waals surface area contributed by atoms with Gasteiger partial charge in [-0.25, -0.2) is 0 Å². The molecule has 0 aliphatic heterocycles. The molecule has 9 aromatic carbocycles. The van der Waals surface area contributed by atoms with Gasteiger partial charge in [0.2, 0.25) is 0 Å². The van der Waals surface area contributed by atoms with Crippen LogP contribution in [0.4, 0.5) is 0 Å². The maximum absolute atomic E-state index is 2.45. The summed E-state index contributed by atoms with van der Waals surface area (Å²) >= 11 is 0. The summed E-state index contributed by atoms with van der Waals surface area (Å²) in [5.41, 5.74) is 19.8. The predicted molar refractivity (Wildman–Crippen MR) is 209 cm³/mol. The standard InChI is InChI=1S/C49H30/c1-29-27-33(28-42-38-21-10-17-30-18-11-23-39(43(29)42)44(30)38)34-25-26-41-47-35(34)22-12-24-40(47)48-45(31-13-4-2-5-14-31)36-19-8-9-20-37(36)46(49(41)48)32-15-6-3-7-16-32/h2-28H,1H3. The van der Waals surface area contributed by atoms with E-state index in [1.54, 1.807) is 0 Å². The molecule has 49 heavy (non-hydrogen) atoms. The molecule has 2 aliphatic carbocycles. The van der Waals surface area contributed by atoms with Gasteiger partial charge in [0.05, 0.1) is 0 Å². The molecule has 0 atom stereocenters. The second kappa shape index (κ2) is 9.89. The molecule has 0 radical (unpaired) electrons. The van der Waals surface area contributed by atoms with E-state index in [0.29, 0.717) is 0 Å². The first-order valence-corrected chi connectivity index (χ1v) is 17.2. The van der Waals surface area contributed by atoms with Crippen LogP contribution in [0.2, 0.25) is 0 Å². The summed E-state index contributed by atoms with van der Waals surface area (Å²) in [7, 11) is 0. The van der Waals surface area contributed by atoms with Gasteiger partial charge in [-0.3, -0.25) is 0 Å². The molecule has 226 valence electrons. The maximum Gasteiger partial charge on any atom is -0.000741 e. The Balaban J connectivity index is 1.23. The molecule has 0 nitrogen and oxygen atoms in total. The molecule has 2 aliphatic rings. The van der Waals surface area contributed by atoms with E-state index < -0.39 is 0 Å². The molecule has 0 bridgehead atoms. The highest BCUT2D eigenvalue weighted by Gasteiger charge is 2.31. The average Bonchev–Trinajstić information content (AvgIpc) is 3.66. The molecule has 0 N–H and O–H groups in total. The zero-order valence-corrected chi connectivity index (χ0v) is 27.1. The van der Waals surface area contributed by atoms with Crippen LogP contribution in [0.15, 0.2) is 164 Å². The SMILES string of the molecule is Cc1cc(-c2ccc3c4c(cccc24)-c2c-3c(-c3ccccc3)c3ccccc3c2-c2ccccc2)cc2c1-c1cccc3cccc-2c13. The van der Waals surface area contributed by atoms with Crippen LogP contribution in [0.25, 0.3) is 110 Å². The van der Waals surface area contributed by atoms with Gasteiger partial charge in [-0.1, -0.05) is 158 Å². The van der Waals surface area contributed by atoms with E-state index in [4.69, 9.17) is 0 Å². The highest BCUT2D eigenvalue weighted by atomic mass is 14.3. The van der Waals surface area contributed by atoms with Crippen molar-refractivity contribution in [2.75, 3.05) is 0 Å². The summed E-state index contributed by atoms with van der Waals surface area (Å²) in [5, 5.41) is 7.93. The van der Waals surface area contributed by atoms with Crippen molar-refractivity contribution in [3.63, 3.8) is 0 Å². The monoisotopic (exact) mass is 618 g/mol. The van der Waals surface area contributed by atoms with Crippen LogP contribution in [0.1, 0.15) is 5.56 Å². The second-order valence-electron chi connectivity index (χ2n) is 13.6. The van der Waals surface area contributed by atoms with Gasteiger partial charge in [0.1, 0.15) is 0 Å². The van der Waals surface area contributed by atoms with E-state index >= 15 is 0 Å². The Morgan fingerprint density at radius 1 is 0.286 bits per heavy atom. The van der Waals surface area contributed by atoms with Gasteiger partial charge in [0.15, 0.2) is 0 Å². The third kappa shape index (κ3) is 3.58. The van der Waals surface area contributed by atoms with Gasteiger partial charge in [-0.15, -0.1) is 0 Å². The van der Waals surface area contributed by atoms with Crippen molar-refractivity contribution in [1.29, 1.82) is 0 Å². The van der Waals surface area contributed by atoms with Crippen LogP contribution in [-0.2, 0) is 0 Å². The Labute approximate surface area is 285 Å². The fraction of sp³-hybridized carbons (Fsp3) is 0.0204. The Morgan fingerprint density at radius 2 is 0.796 bits per heavy atom. The molecule has 0 spiro atoms. The van der Waals surface area contributed by atoms with E-state index in [2.05, 4.69) is 171 Å². The fourth-order valence-corrected chi connectivity index (χ4v) is 9.15. The topological polar surface area (TPSA) is 0 Å². The van der Waals surface area contributed by atoms with E-state index in [9.17, 15) is 0 Å². The van der Waals surface area contributed by atoms with Crippen molar-refractivity contribution in [2.24, 2.45) is 0 Å². The Bertz CT molecular complexity index is 2760. The third-order valence-corrected chi connectivity index (χ3v) is 11.0. The summed E-state index contributed by atoms with van der Waals surface area (Å²) in [6.07, 6.45) is 0. The number of hydrogen-bond acceptors (Lipinski definition) is 0. The fourth-order valence-electron chi connectivity index (χ4n) is 9.15. The van der Waals surface area contributed by atoms with Crippen molar-refractivity contribution in [1.82, 2.24) is 0 Å². The van der Waals surface area contributed by atoms with E-state index in [1.807, 2.05) is 0 Å². The molecule has 11 rings (SSSR count). The first kappa shape index (κ1) is 26.8. The Kier molecular flexibility index (Phi) is 5.41. The van der Waals surface area contributed by atoms with Gasteiger partial charge in [0.25, 0.3) is 0 Å². The van der Waals surface area contributed by atoms with Crippen LogP contribution in [0.3, 0.4) is 0 Å². The van der Waals surface area contributed by atoms with Crippen LogP contribution in [0, 0.1) is 6.92 Å². The molecule has 9 aromatic rings. The molecular weight excluding hydrogens is 589 g/mol. The lowest BCUT2D eigenvalue weighted by Gasteiger charge is -2.20. The molecule has 0 fully saturated rings. The quantitative estimate of drug-likeness (QED) is 0.185. The minimum atomic E-state index is 1.25. The Hall–Kier alpha value is -6.24. The molecule has 0 unspecified atom stereocenters. The summed E-state index contributed by atoms with van der Waals surface area (Å²) in [6, 6.07) is 61.0. The number of rotatable bonds is 3. The number of benzene rings is 9. The minimum absolute atomic E-state index is 1.25. The summed E-state index contributed by atoms with van der Waals surface area (Å²) in [6.45, 7) is 2.28. The molecule has 0 heterocycles. The van der Waals surface area contributed by atoms with Crippen molar-refractivity contribution in [3.05, 3.63) is 169 Å². The first-order valence-electron chi connectivity index (χ1n) is 17.2. The maximum atomic E-state index is 2.45.